The summed E-state index contributed by atoms with van der Waals surface area (Å²) in [5, 5.41) is 29.3. The van der Waals surface area contributed by atoms with Gasteiger partial charge in [-0.15, -0.1) is 5.10 Å². The number of halogens is 1. The fourth-order valence-corrected chi connectivity index (χ4v) is 4.60. The van der Waals surface area contributed by atoms with Gasteiger partial charge in [0.05, 0.1) is 34.5 Å². The Labute approximate surface area is 214 Å². The molecule has 0 fully saturated rings. The van der Waals surface area contributed by atoms with Gasteiger partial charge in [-0.1, -0.05) is 84.4 Å². The van der Waals surface area contributed by atoms with Gasteiger partial charge in [0, 0.05) is 22.8 Å². The van der Waals surface area contributed by atoms with Crippen molar-refractivity contribution in [3.8, 4) is 6.07 Å². The van der Waals surface area contributed by atoms with E-state index in [-0.39, 0.29) is 12.1 Å². The Hall–Kier alpha value is -4.41. The predicted octanol–water partition coefficient (Wildman–Crippen LogP) is 6.64. The molecule has 36 heavy (non-hydrogen) atoms. The van der Waals surface area contributed by atoms with Crippen molar-refractivity contribution in [3.05, 3.63) is 113 Å². The van der Waals surface area contributed by atoms with E-state index in [0.717, 1.165) is 34.3 Å². The molecule has 2 aromatic heterocycles. The molecule has 3 aromatic carbocycles. The first-order chi connectivity index (χ1) is 17.7. The summed E-state index contributed by atoms with van der Waals surface area (Å²) in [5.74, 6) is 0. The minimum atomic E-state index is -0.284. The number of fused-ring (bicyclic) bond motifs is 1. The third kappa shape index (κ3) is 4.72. The number of benzene rings is 3. The molecule has 0 radical (unpaired) electrons. The van der Waals surface area contributed by atoms with E-state index in [9.17, 15) is 5.26 Å². The summed E-state index contributed by atoms with van der Waals surface area (Å²) in [6, 6.07) is 25.9. The van der Waals surface area contributed by atoms with E-state index in [4.69, 9.17) is 11.6 Å². The van der Waals surface area contributed by atoms with Crippen LogP contribution in [0.5, 0.6) is 0 Å². The summed E-state index contributed by atoms with van der Waals surface area (Å²) in [4.78, 5) is 4.66. The molecule has 0 aliphatic heterocycles. The first-order valence-electron chi connectivity index (χ1n) is 11.7. The summed E-state index contributed by atoms with van der Waals surface area (Å²) < 4.78 is 0. The van der Waals surface area contributed by atoms with Crippen molar-refractivity contribution in [1.82, 2.24) is 20.4 Å². The van der Waals surface area contributed by atoms with Crippen LogP contribution in [0.3, 0.4) is 0 Å². The molecule has 5 rings (SSSR count). The Bertz CT molecular complexity index is 1500. The topological polar surface area (TPSA) is 102 Å². The smallest absolute Gasteiger partial charge is 0.109 e. The first-order valence-corrected chi connectivity index (χ1v) is 12.1. The van der Waals surface area contributed by atoms with E-state index in [0.29, 0.717) is 21.8 Å². The standard InChI is InChI=1S/C28H24ClN7/c1-2-23(18-9-5-3-6-10-18)33-26-20(15-30)16-31-28-22(26)13-21(29)14-24(28)34-27(25-17-32-36-35-25)19-11-7-4-8-12-19/h3-14,16-17,23,27,34H,2H2,1H3,(H,31,33)(H,32,35,36)/t23-,27?/m1/s1. The fourth-order valence-electron chi connectivity index (χ4n) is 4.38. The molecule has 0 spiro atoms. The van der Waals surface area contributed by atoms with E-state index in [1.54, 1.807) is 12.4 Å². The summed E-state index contributed by atoms with van der Waals surface area (Å²) in [6.07, 6.45) is 4.21. The number of hydrogen-bond acceptors (Lipinski definition) is 6. The highest BCUT2D eigenvalue weighted by Crippen LogP contribution is 2.37. The zero-order chi connectivity index (χ0) is 24.9. The van der Waals surface area contributed by atoms with Gasteiger partial charge in [-0.2, -0.15) is 5.26 Å². The fraction of sp³-hybridized carbons (Fsp3) is 0.143. The highest BCUT2D eigenvalue weighted by atomic mass is 35.5. The highest BCUT2D eigenvalue weighted by molar-refractivity contribution is 6.32. The lowest BCUT2D eigenvalue weighted by Crippen LogP contribution is -2.14. The molecule has 2 heterocycles. The molecule has 8 heteroatoms. The monoisotopic (exact) mass is 493 g/mol. The molecule has 0 saturated carbocycles. The summed E-state index contributed by atoms with van der Waals surface area (Å²) in [5.41, 5.74) is 5.49. The minimum absolute atomic E-state index is 0.0199. The molecule has 2 atom stereocenters. The number of nitriles is 1. The molecule has 0 aliphatic rings. The maximum Gasteiger partial charge on any atom is 0.109 e. The third-order valence-electron chi connectivity index (χ3n) is 6.15. The molecular formula is C28H24ClN7. The number of pyridine rings is 1. The lowest BCUT2D eigenvalue weighted by molar-refractivity contribution is 0.750. The van der Waals surface area contributed by atoms with Crippen LogP contribution in [0.25, 0.3) is 10.9 Å². The maximum atomic E-state index is 9.89. The van der Waals surface area contributed by atoms with E-state index >= 15 is 0 Å². The van der Waals surface area contributed by atoms with Gasteiger partial charge in [0.2, 0.25) is 0 Å². The average molecular weight is 494 g/mol. The average Bonchev–Trinajstić information content (AvgIpc) is 3.46. The number of aromatic amines is 1. The predicted molar refractivity (Wildman–Crippen MR) is 143 cm³/mol. The van der Waals surface area contributed by atoms with Crippen molar-refractivity contribution in [3.63, 3.8) is 0 Å². The SMILES string of the molecule is CC[C@@H](Nc1c(C#N)cnc2c(NC(c3ccccc3)c3c[nH]nn3)cc(Cl)cc12)c1ccccc1. The summed E-state index contributed by atoms with van der Waals surface area (Å²) >= 11 is 6.62. The van der Waals surface area contributed by atoms with Crippen LogP contribution in [0, 0.1) is 11.3 Å². The quantitative estimate of drug-likeness (QED) is 0.224. The van der Waals surface area contributed by atoms with Crippen molar-refractivity contribution in [2.24, 2.45) is 0 Å². The Morgan fingerprint density at radius 1 is 1.00 bits per heavy atom. The molecule has 5 aromatic rings. The first kappa shape index (κ1) is 23.3. The number of rotatable bonds is 8. The number of anilines is 2. The van der Waals surface area contributed by atoms with Gasteiger partial charge in [-0.25, -0.2) is 0 Å². The van der Waals surface area contributed by atoms with E-state index in [1.807, 2.05) is 60.7 Å². The van der Waals surface area contributed by atoms with Gasteiger partial charge < -0.3 is 10.6 Å². The Morgan fingerprint density at radius 2 is 1.72 bits per heavy atom. The summed E-state index contributed by atoms with van der Waals surface area (Å²) in [7, 11) is 0. The van der Waals surface area contributed by atoms with Gasteiger partial charge in [-0.3, -0.25) is 10.1 Å². The van der Waals surface area contributed by atoms with Crippen LogP contribution in [0.4, 0.5) is 11.4 Å². The van der Waals surface area contributed by atoms with E-state index in [1.165, 1.54) is 0 Å². The number of H-pyrrole nitrogens is 1. The largest absolute Gasteiger partial charge is 0.377 e. The molecule has 0 aliphatic carbocycles. The number of nitrogens with one attached hydrogen (secondary N) is 3. The molecule has 1 unspecified atom stereocenters. The molecule has 178 valence electrons. The van der Waals surface area contributed by atoms with Crippen molar-refractivity contribution in [1.29, 1.82) is 5.26 Å². The molecular weight excluding hydrogens is 470 g/mol. The van der Waals surface area contributed by atoms with E-state index < -0.39 is 0 Å². The van der Waals surface area contributed by atoms with Crippen LogP contribution < -0.4 is 10.6 Å². The second-order valence-electron chi connectivity index (χ2n) is 8.41. The van der Waals surface area contributed by atoms with Gasteiger partial charge in [0.25, 0.3) is 0 Å². The number of nitrogens with zero attached hydrogens (tertiary/aromatic N) is 4. The lowest BCUT2D eigenvalue weighted by atomic mass is 10.0. The molecule has 3 N–H and O–H groups in total. The van der Waals surface area contributed by atoms with Crippen LogP contribution in [0.15, 0.2) is 85.2 Å². The Morgan fingerprint density at radius 3 is 2.36 bits per heavy atom. The van der Waals surface area contributed by atoms with Crippen LogP contribution >= 0.6 is 11.6 Å². The van der Waals surface area contributed by atoms with Crippen molar-refractivity contribution in [2.45, 2.75) is 25.4 Å². The number of hydrogen-bond donors (Lipinski definition) is 3. The molecule has 0 amide bonds. The van der Waals surface area contributed by atoms with Gasteiger partial charge in [0.1, 0.15) is 11.8 Å². The summed E-state index contributed by atoms with van der Waals surface area (Å²) in [6.45, 7) is 2.11. The van der Waals surface area contributed by atoms with Crippen LogP contribution in [0.2, 0.25) is 5.02 Å². The third-order valence-corrected chi connectivity index (χ3v) is 6.37. The normalized spacial score (nSPS) is 12.6. The zero-order valence-electron chi connectivity index (χ0n) is 19.6. The van der Waals surface area contributed by atoms with Crippen molar-refractivity contribution < 1.29 is 0 Å². The zero-order valence-corrected chi connectivity index (χ0v) is 20.4. The Kier molecular flexibility index (Phi) is 6.78. The number of aromatic nitrogens is 4. The van der Waals surface area contributed by atoms with Crippen LogP contribution in [-0.4, -0.2) is 20.4 Å². The van der Waals surface area contributed by atoms with Gasteiger partial charge in [-0.05, 0) is 29.7 Å². The second kappa shape index (κ2) is 10.5. The van der Waals surface area contributed by atoms with Crippen molar-refractivity contribution in [2.75, 3.05) is 10.6 Å². The molecule has 0 saturated heterocycles. The van der Waals surface area contributed by atoms with Gasteiger partial charge in [0.15, 0.2) is 0 Å². The van der Waals surface area contributed by atoms with Crippen molar-refractivity contribution >= 4 is 33.9 Å². The highest BCUT2D eigenvalue weighted by Gasteiger charge is 2.21. The Balaban J connectivity index is 1.62. The van der Waals surface area contributed by atoms with Gasteiger partial charge >= 0.3 is 0 Å². The molecule has 0 bridgehead atoms. The maximum absolute atomic E-state index is 9.89. The molecule has 7 nitrogen and oxygen atoms in total. The van der Waals surface area contributed by atoms with E-state index in [2.05, 4.69) is 56.2 Å². The lowest BCUT2D eigenvalue weighted by Gasteiger charge is -2.23. The van der Waals surface area contributed by atoms with Crippen LogP contribution in [-0.2, 0) is 0 Å². The van der Waals surface area contributed by atoms with Crippen LogP contribution in [0.1, 0.15) is 47.8 Å². The minimum Gasteiger partial charge on any atom is -0.377 e. The second-order valence-corrected chi connectivity index (χ2v) is 8.85.